The lowest BCUT2D eigenvalue weighted by molar-refractivity contribution is 0.482. The zero-order valence-electron chi connectivity index (χ0n) is 9.73. The van der Waals surface area contributed by atoms with Crippen molar-refractivity contribution in [2.45, 2.75) is 26.4 Å². The summed E-state index contributed by atoms with van der Waals surface area (Å²) in [6.07, 6.45) is 6.50. The fourth-order valence-electron chi connectivity index (χ4n) is 1.81. The highest BCUT2D eigenvalue weighted by Crippen LogP contribution is 2.13. The predicted molar refractivity (Wildman–Crippen MR) is 62.2 cm³/mol. The van der Waals surface area contributed by atoms with Crippen molar-refractivity contribution < 1.29 is 4.42 Å². The van der Waals surface area contributed by atoms with Crippen LogP contribution in [0.3, 0.4) is 0 Å². The molecule has 0 amide bonds. The number of rotatable bonds is 5. The van der Waals surface area contributed by atoms with E-state index in [4.69, 9.17) is 4.42 Å². The molecule has 2 rings (SSSR count). The first kappa shape index (κ1) is 11.0. The first-order valence-corrected chi connectivity index (χ1v) is 5.55. The van der Waals surface area contributed by atoms with E-state index in [2.05, 4.69) is 21.8 Å². The quantitative estimate of drug-likeness (QED) is 0.834. The highest BCUT2D eigenvalue weighted by molar-refractivity contribution is 5.17. The van der Waals surface area contributed by atoms with Gasteiger partial charge in [-0.3, -0.25) is 0 Å². The maximum absolute atomic E-state index is 5.50. The van der Waals surface area contributed by atoms with Crippen LogP contribution in [-0.2, 0) is 19.5 Å². The molecule has 0 aliphatic heterocycles. The summed E-state index contributed by atoms with van der Waals surface area (Å²) in [7, 11) is 1.94. The van der Waals surface area contributed by atoms with Crippen molar-refractivity contribution in [1.82, 2.24) is 14.9 Å². The minimum atomic E-state index is 0.757. The van der Waals surface area contributed by atoms with E-state index in [1.165, 1.54) is 5.56 Å². The molecule has 0 unspecified atom stereocenters. The van der Waals surface area contributed by atoms with E-state index < -0.39 is 0 Å². The Morgan fingerprint density at radius 1 is 1.50 bits per heavy atom. The first-order chi connectivity index (χ1) is 7.85. The molecule has 0 bridgehead atoms. The maximum Gasteiger partial charge on any atom is 0.127 e. The fraction of sp³-hybridized carbons (Fsp3) is 0.417. The lowest BCUT2D eigenvalue weighted by Gasteiger charge is -2.06. The molecule has 86 valence electrons. The Bertz CT molecular complexity index is 445. The summed E-state index contributed by atoms with van der Waals surface area (Å²) in [5.74, 6) is 2.09. The van der Waals surface area contributed by atoms with Crippen molar-refractivity contribution in [2.24, 2.45) is 0 Å². The van der Waals surface area contributed by atoms with Gasteiger partial charge in [0, 0.05) is 30.9 Å². The highest BCUT2D eigenvalue weighted by Gasteiger charge is 2.08. The number of aromatic nitrogens is 2. The average Bonchev–Trinajstić information content (AvgIpc) is 2.89. The van der Waals surface area contributed by atoms with Crippen LogP contribution in [0.15, 0.2) is 29.1 Å². The summed E-state index contributed by atoms with van der Waals surface area (Å²) in [4.78, 5) is 4.30. The van der Waals surface area contributed by atoms with Gasteiger partial charge in [-0.1, -0.05) is 6.92 Å². The lowest BCUT2D eigenvalue weighted by atomic mass is 10.2. The molecule has 0 saturated carbocycles. The standard InChI is InChI=1S/C12H17N3O/c1-3-12-14-5-6-15(12)9-11-10(8-13-2)4-7-16-11/h4-7,13H,3,8-9H2,1-2H3. The van der Waals surface area contributed by atoms with Crippen LogP contribution in [-0.4, -0.2) is 16.6 Å². The number of nitrogens with zero attached hydrogens (tertiary/aromatic N) is 2. The summed E-state index contributed by atoms with van der Waals surface area (Å²) in [6.45, 7) is 3.70. The summed E-state index contributed by atoms with van der Waals surface area (Å²) < 4.78 is 7.62. The number of hydrogen-bond donors (Lipinski definition) is 1. The number of hydrogen-bond acceptors (Lipinski definition) is 3. The Labute approximate surface area is 95.3 Å². The smallest absolute Gasteiger partial charge is 0.127 e. The van der Waals surface area contributed by atoms with Crippen LogP contribution < -0.4 is 5.32 Å². The van der Waals surface area contributed by atoms with Gasteiger partial charge in [-0.2, -0.15) is 0 Å². The highest BCUT2D eigenvalue weighted by atomic mass is 16.3. The minimum Gasteiger partial charge on any atom is -0.467 e. The normalized spacial score (nSPS) is 10.9. The van der Waals surface area contributed by atoms with Crippen LogP contribution in [0.2, 0.25) is 0 Å². The van der Waals surface area contributed by atoms with Gasteiger partial charge >= 0.3 is 0 Å². The van der Waals surface area contributed by atoms with Gasteiger partial charge in [0.2, 0.25) is 0 Å². The van der Waals surface area contributed by atoms with Crippen LogP contribution in [0.5, 0.6) is 0 Å². The molecule has 2 heterocycles. The summed E-state index contributed by atoms with van der Waals surface area (Å²) in [5.41, 5.74) is 1.21. The van der Waals surface area contributed by atoms with Gasteiger partial charge in [-0.15, -0.1) is 0 Å². The average molecular weight is 219 g/mol. The van der Waals surface area contributed by atoms with Crippen molar-refractivity contribution in [2.75, 3.05) is 7.05 Å². The largest absolute Gasteiger partial charge is 0.467 e. The van der Waals surface area contributed by atoms with Crippen LogP contribution in [0.1, 0.15) is 24.1 Å². The van der Waals surface area contributed by atoms with Crippen LogP contribution in [0, 0.1) is 0 Å². The molecule has 16 heavy (non-hydrogen) atoms. The van der Waals surface area contributed by atoms with Crippen molar-refractivity contribution >= 4 is 0 Å². The topological polar surface area (TPSA) is 43.0 Å². The lowest BCUT2D eigenvalue weighted by Crippen LogP contribution is -2.09. The molecule has 0 fully saturated rings. The summed E-state index contributed by atoms with van der Waals surface area (Å²) in [6, 6.07) is 2.01. The molecule has 2 aromatic rings. The van der Waals surface area contributed by atoms with E-state index in [1.807, 2.05) is 25.5 Å². The number of furan rings is 1. The Morgan fingerprint density at radius 2 is 2.38 bits per heavy atom. The van der Waals surface area contributed by atoms with Gasteiger partial charge in [-0.05, 0) is 13.1 Å². The molecule has 0 aliphatic carbocycles. The van der Waals surface area contributed by atoms with Gasteiger partial charge in [-0.25, -0.2) is 4.98 Å². The third kappa shape index (κ3) is 2.17. The van der Waals surface area contributed by atoms with Crippen molar-refractivity contribution in [3.8, 4) is 0 Å². The van der Waals surface area contributed by atoms with Gasteiger partial charge in [0.05, 0.1) is 12.8 Å². The first-order valence-electron chi connectivity index (χ1n) is 5.55. The van der Waals surface area contributed by atoms with Crippen molar-refractivity contribution in [1.29, 1.82) is 0 Å². The molecule has 4 nitrogen and oxygen atoms in total. The Hall–Kier alpha value is -1.55. The summed E-state index contributed by atoms with van der Waals surface area (Å²) in [5, 5.41) is 3.13. The second kappa shape index (κ2) is 4.99. The predicted octanol–water partition coefficient (Wildman–Crippen LogP) is 1.81. The molecular weight excluding hydrogens is 202 g/mol. The monoisotopic (exact) mass is 219 g/mol. The number of aryl methyl sites for hydroxylation is 1. The molecule has 4 heteroatoms. The van der Waals surface area contributed by atoms with E-state index in [-0.39, 0.29) is 0 Å². The third-order valence-corrected chi connectivity index (χ3v) is 2.64. The van der Waals surface area contributed by atoms with Crippen LogP contribution in [0.25, 0.3) is 0 Å². The molecule has 0 radical (unpaired) electrons. The van der Waals surface area contributed by atoms with E-state index in [1.54, 1.807) is 6.26 Å². The van der Waals surface area contributed by atoms with Gasteiger partial charge < -0.3 is 14.3 Å². The number of imidazole rings is 1. The summed E-state index contributed by atoms with van der Waals surface area (Å²) >= 11 is 0. The van der Waals surface area contributed by atoms with Gasteiger partial charge in [0.25, 0.3) is 0 Å². The van der Waals surface area contributed by atoms with E-state index in [9.17, 15) is 0 Å². The van der Waals surface area contributed by atoms with Crippen molar-refractivity contribution in [3.63, 3.8) is 0 Å². The molecular formula is C12H17N3O. The maximum atomic E-state index is 5.50. The molecule has 0 atom stereocenters. The fourth-order valence-corrected chi connectivity index (χ4v) is 1.81. The minimum absolute atomic E-state index is 0.757. The second-order valence-corrected chi connectivity index (χ2v) is 3.72. The zero-order valence-corrected chi connectivity index (χ0v) is 9.73. The second-order valence-electron chi connectivity index (χ2n) is 3.72. The molecule has 1 N–H and O–H groups in total. The van der Waals surface area contributed by atoms with E-state index in [0.29, 0.717) is 0 Å². The zero-order chi connectivity index (χ0) is 11.4. The Kier molecular flexibility index (Phi) is 3.41. The van der Waals surface area contributed by atoms with Crippen LogP contribution in [0.4, 0.5) is 0 Å². The molecule has 2 aromatic heterocycles. The Morgan fingerprint density at radius 3 is 3.12 bits per heavy atom. The molecule has 0 spiro atoms. The van der Waals surface area contributed by atoms with E-state index in [0.717, 1.165) is 31.1 Å². The third-order valence-electron chi connectivity index (χ3n) is 2.64. The molecule has 0 saturated heterocycles. The van der Waals surface area contributed by atoms with E-state index >= 15 is 0 Å². The van der Waals surface area contributed by atoms with Gasteiger partial charge in [0.1, 0.15) is 11.6 Å². The Balaban J connectivity index is 2.17. The van der Waals surface area contributed by atoms with Crippen LogP contribution >= 0.6 is 0 Å². The van der Waals surface area contributed by atoms with Gasteiger partial charge in [0.15, 0.2) is 0 Å². The molecule has 0 aromatic carbocycles. The number of nitrogens with one attached hydrogen (secondary N) is 1. The van der Waals surface area contributed by atoms with Crippen molar-refractivity contribution in [3.05, 3.63) is 41.9 Å². The SMILES string of the molecule is CCc1nccn1Cc1occc1CNC. The molecule has 0 aliphatic rings.